The average Bonchev–Trinajstić information content (AvgIpc) is 2.95. The number of aromatic nitrogens is 2. The summed E-state index contributed by atoms with van der Waals surface area (Å²) in [6.07, 6.45) is 0. The Labute approximate surface area is 162 Å². The van der Waals surface area contributed by atoms with Crippen LogP contribution in [0.5, 0.6) is 11.5 Å². The summed E-state index contributed by atoms with van der Waals surface area (Å²) in [4.78, 5) is -1.03. The molecular formula is C15H6F4IN3O3S. The van der Waals surface area contributed by atoms with Gasteiger partial charge in [0.25, 0.3) is 9.84 Å². The van der Waals surface area contributed by atoms with Gasteiger partial charge >= 0.3 is 5.51 Å². The number of nitrogens with zero attached hydrogens (tertiary/aromatic N) is 2. The Morgan fingerprint density at radius 3 is 2.56 bits per heavy atom. The first-order valence-electron chi connectivity index (χ1n) is 6.91. The van der Waals surface area contributed by atoms with Gasteiger partial charge in [0.1, 0.15) is 31.4 Å². The lowest BCUT2D eigenvalue weighted by Crippen LogP contribution is -2.23. The Balaban J connectivity index is 2.18. The number of aromatic amines is 1. The maximum Gasteiger partial charge on any atom is 0.501 e. The molecule has 0 amide bonds. The molecule has 6 nitrogen and oxygen atoms in total. The number of hydrogen-bond acceptors (Lipinski definition) is 5. The predicted octanol–water partition coefficient (Wildman–Crippen LogP) is 4.26. The highest BCUT2D eigenvalue weighted by Crippen LogP contribution is 2.39. The third-order valence-electron chi connectivity index (χ3n) is 3.41. The zero-order chi connectivity index (χ0) is 20.0. The molecular weight excluding hydrogens is 505 g/mol. The lowest BCUT2D eigenvalue weighted by Gasteiger charge is -2.11. The molecule has 27 heavy (non-hydrogen) atoms. The molecule has 140 valence electrons. The number of alkyl halides is 3. The van der Waals surface area contributed by atoms with Crippen molar-refractivity contribution < 1.29 is 30.7 Å². The van der Waals surface area contributed by atoms with Crippen LogP contribution in [-0.4, -0.2) is 24.1 Å². The quantitative estimate of drug-likeness (QED) is 0.419. The zero-order valence-corrected chi connectivity index (χ0v) is 15.8. The maximum atomic E-state index is 13.5. The molecule has 0 saturated heterocycles. The van der Waals surface area contributed by atoms with Crippen molar-refractivity contribution in [3.63, 3.8) is 0 Å². The highest BCUT2D eigenvalue weighted by Gasteiger charge is 2.48. The van der Waals surface area contributed by atoms with Crippen molar-refractivity contribution in [2.24, 2.45) is 0 Å². The minimum atomic E-state index is -5.64. The Hall–Kier alpha value is -2.40. The highest BCUT2D eigenvalue weighted by atomic mass is 127. The van der Waals surface area contributed by atoms with E-state index in [0.29, 0.717) is 6.07 Å². The highest BCUT2D eigenvalue weighted by molar-refractivity contribution is 14.1. The number of ether oxygens (including phenoxy) is 1. The Kier molecular flexibility index (Phi) is 4.76. The van der Waals surface area contributed by atoms with Crippen molar-refractivity contribution in [1.29, 1.82) is 5.26 Å². The van der Waals surface area contributed by atoms with Crippen LogP contribution < -0.4 is 4.74 Å². The van der Waals surface area contributed by atoms with Gasteiger partial charge in [0.2, 0.25) is 0 Å². The summed E-state index contributed by atoms with van der Waals surface area (Å²) in [6.45, 7) is 0. The lowest BCUT2D eigenvalue weighted by molar-refractivity contribution is -0.0435. The Morgan fingerprint density at radius 2 is 1.93 bits per heavy atom. The van der Waals surface area contributed by atoms with Crippen molar-refractivity contribution in [2.45, 2.75) is 10.4 Å². The topological polar surface area (TPSA) is 95.8 Å². The second-order valence-electron chi connectivity index (χ2n) is 5.16. The van der Waals surface area contributed by atoms with Gasteiger partial charge in [0.15, 0.2) is 0 Å². The first kappa shape index (κ1) is 19.4. The van der Waals surface area contributed by atoms with Gasteiger partial charge in [-0.05, 0) is 46.9 Å². The fourth-order valence-corrected chi connectivity index (χ4v) is 3.82. The number of H-pyrrole nitrogens is 1. The minimum Gasteiger partial charge on any atom is -0.456 e. The van der Waals surface area contributed by atoms with Crippen molar-refractivity contribution >= 4 is 43.3 Å². The number of hydrogen-bond donors (Lipinski definition) is 1. The standard InChI is InChI=1S/C15H6F4IN3O3S/c16-8-3-7(6-21)4-9(5-8)26-10-1-2-11(27(24,25)15(17,18)19)13-12(10)14(20)23-22-13/h1-5H,(H,22,23). The van der Waals surface area contributed by atoms with Gasteiger partial charge in [-0.25, -0.2) is 12.8 Å². The first-order valence-corrected chi connectivity index (χ1v) is 9.47. The SMILES string of the molecule is N#Cc1cc(F)cc(Oc2ccc(S(=O)(=O)C(F)(F)F)c3n[nH]c(I)c23)c1. The summed E-state index contributed by atoms with van der Waals surface area (Å²) in [7, 11) is -5.64. The van der Waals surface area contributed by atoms with Gasteiger partial charge < -0.3 is 4.74 Å². The number of halogens is 5. The number of benzene rings is 2. The van der Waals surface area contributed by atoms with Crippen LogP contribution in [0.2, 0.25) is 0 Å². The van der Waals surface area contributed by atoms with E-state index in [-0.39, 0.29) is 26.1 Å². The predicted molar refractivity (Wildman–Crippen MR) is 93.2 cm³/mol. The van der Waals surface area contributed by atoms with E-state index >= 15 is 0 Å². The van der Waals surface area contributed by atoms with Gasteiger partial charge in [0, 0.05) is 6.07 Å². The van der Waals surface area contributed by atoms with E-state index in [1.807, 2.05) is 0 Å². The average molecular weight is 511 g/mol. The molecule has 0 unspecified atom stereocenters. The van der Waals surface area contributed by atoms with Gasteiger partial charge in [-0.3, -0.25) is 5.10 Å². The molecule has 2 aromatic carbocycles. The molecule has 12 heteroatoms. The van der Waals surface area contributed by atoms with E-state index in [2.05, 4.69) is 10.2 Å². The summed E-state index contributed by atoms with van der Waals surface area (Å²) in [6, 6.07) is 6.63. The second kappa shape index (κ2) is 6.64. The van der Waals surface area contributed by atoms with Crippen molar-refractivity contribution in [3.8, 4) is 17.6 Å². The van der Waals surface area contributed by atoms with Gasteiger partial charge in [-0.2, -0.15) is 23.5 Å². The molecule has 0 bridgehead atoms. The summed E-state index contributed by atoms with van der Waals surface area (Å²) in [5, 5.41) is 14.9. The molecule has 0 aliphatic carbocycles. The van der Waals surface area contributed by atoms with Crippen LogP contribution in [0.4, 0.5) is 17.6 Å². The van der Waals surface area contributed by atoms with E-state index in [1.54, 1.807) is 28.7 Å². The van der Waals surface area contributed by atoms with Crippen LogP contribution >= 0.6 is 22.6 Å². The van der Waals surface area contributed by atoms with Gasteiger partial charge in [0.05, 0.1) is 17.0 Å². The Bertz CT molecular complexity index is 1200. The van der Waals surface area contributed by atoms with E-state index in [9.17, 15) is 26.0 Å². The van der Waals surface area contributed by atoms with Crippen molar-refractivity contribution in [1.82, 2.24) is 10.2 Å². The molecule has 0 fully saturated rings. The summed E-state index contributed by atoms with van der Waals surface area (Å²) >= 11 is 1.71. The smallest absolute Gasteiger partial charge is 0.456 e. The lowest BCUT2D eigenvalue weighted by atomic mass is 10.2. The summed E-state index contributed by atoms with van der Waals surface area (Å²) in [5.41, 5.74) is -6.00. The van der Waals surface area contributed by atoms with Crippen LogP contribution in [0.15, 0.2) is 35.2 Å². The van der Waals surface area contributed by atoms with E-state index < -0.39 is 31.6 Å². The third kappa shape index (κ3) is 3.44. The first-order chi connectivity index (χ1) is 12.5. The molecule has 0 aliphatic rings. The fraction of sp³-hybridized carbons (Fsp3) is 0.0667. The fourth-order valence-electron chi connectivity index (χ4n) is 2.28. The molecule has 1 heterocycles. The van der Waals surface area contributed by atoms with Gasteiger partial charge in [-0.1, -0.05) is 0 Å². The monoisotopic (exact) mass is 511 g/mol. The van der Waals surface area contributed by atoms with Crippen LogP contribution in [0.3, 0.4) is 0 Å². The van der Waals surface area contributed by atoms with E-state index in [4.69, 9.17) is 10.00 Å². The molecule has 3 rings (SSSR count). The van der Waals surface area contributed by atoms with Crippen LogP contribution in [0.25, 0.3) is 10.9 Å². The summed E-state index contributed by atoms with van der Waals surface area (Å²) < 4.78 is 81.5. The minimum absolute atomic E-state index is 0.0244. The number of sulfone groups is 1. The summed E-state index contributed by atoms with van der Waals surface area (Å²) in [5.74, 6) is -0.895. The van der Waals surface area contributed by atoms with Crippen LogP contribution in [-0.2, 0) is 9.84 Å². The van der Waals surface area contributed by atoms with Crippen molar-refractivity contribution in [2.75, 3.05) is 0 Å². The number of rotatable bonds is 3. The molecule has 0 saturated carbocycles. The molecule has 0 radical (unpaired) electrons. The Morgan fingerprint density at radius 1 is 1.22 bits per heavy atom. The molecule has 1 aromatic heterocycles. The molecule has 1 N–H and O–H groups in total. The normalized spacial score (nSPS) is 12.1. The molecule has 0 atom stereocenters. The van der Waals surface area contributed by atoms with E-state index in [1.165, 1.54) is 6.07 Å². The third-order valence-corrected chi connectivity index (χ3v) is 5.71. The van der Waals surface area contributed by atoms with Crippen LogP contribution in [0.1, 0.15) is 5.56 Å². The molecule has 3 aromatic rings. The molecule has 0 aliphatic heterocycles. The van der Waals surface area contributed by atoms with Gasteiger partial charge in [-0.15, -0.1) is 0 Å². The number of fused-ring (bicyclic) bond motifs is 1. The van der Waals surface area contributed by atoms with Crippen molar-refractivity contribution in [3.05, 3.63) is 45.4 Å². The number of nitrogens with one attached hydrogen (secondary N) is 1. The zero-order valence-electron chi connectivity index (χ0n) is 12.8. The van der Waals surface area contributed by atoms with E-state index in [0.717, 1.165) is 18.2 Å². The number of nitriles is 1. The maximum absolute atomic E-state index is 13.5. The largest absolute Gasteiger partial charge is 0.501 e. The molecule has 0 spiro atoms. The van der Waals surface area contributed by atoms with Crippen LogP contribution in [0, 0.1) is 20.8 Å². The second-order valence-corrected chi connectivity index (χ2v) is 8.15.